The predicted octanol–water partition coefficient (Wildman–Crippen LogP) is 0.474. The Morgan fingerprint density at radius 3 is 2.89 bits per heavy atom. The summed E-state index contributed by atoms with van der Waals surface area (Å²) in [6.45, 7) is 3.58. The number of guanidine groups is 1. The zero-order valence-electron chi connectivity index (χ0n) is 10.9. The van der Waals surface area contributed by atoms with Crippen LogP contribution in [0.1, 0.15) is 22.8 Å². The fourth-order valence-corrected chi connectivity index (χ4v) is 1.47. The molecule has 1 aromatic carbocycles. The van der Waals surface area contributed by atoms with Crippen LogP contribution >= 0.6 is 0 Å². The summed E-state index contributed by atoms with van der Waals surface area (Å²) in [7, 11) is 0. The van der Waals surface area contributed by atoms with Gasteiger partial charge in [0.15, 0.2) is 5.96 Å². The lowest BCUT2D eigenvalue weighted by atomic mass is 10.1. The largest absolute Gasteiger partial charge is 0.366 e. The van der Waals surface area contributed by atoms with E-state index in [-0.39, 0.29) is 0 Å². The standard InChI is InChI=1S/C14H18N4O/c1-3-8-17-14(16-4-2)18-10-11-6-5-7-12(9-11)13(15)19/h1,5-7,9H,4,8,10H2,2H3,(H2,15,19)(H2,16,17,18). The van der Waals surface area contributed by atoms with Gasteiger partial charge in [0.2, 0.25) is 5.91 Å². The van der Waals surface area contributed by atoms with E-state index in [2.05, 4.69) is 21.5 Å². The fourth-order valence-electron chi connectivity index (χ4n) is 1.47. The molecule has 0 aliphatic heterocycles. The molecular formula is C14H18N4O. The number of aliphatic imine (C=N–C) groups is 1. The normalized spacial score (nSPS) is 10.6. The maximum Gasteiger partial charge on any atom is 0.248 e. The first-order valence-corrected chi connectivity index (χ1v) is 6.01. The highest BCUT2D eigenvalue weighted by Crippen LogP contribution is 2.05. The summed E-state index contributed by atoms with van der Waals surface area (Å²) in [4.78, 5) is 15.4. The van der Waals surface area contributed by atoms with Crippen LogP contribution in [0.4, 0.5) is 0 Å². The quantitative estimate of drug-likeness (QED) is 0.408. The van der Waals surface area contributed by atoms with E-state index in [4.69, 9.17) is 12.2 Å². The highest BCUT2D eigenvalue weighted by atomic mass is 16.1. The first kappa shape index (κ1) is 14.6. The summed E-state index contributed by atoms with van der Waals surface area (Å²) in [6, 6.07) is 7.08. The minimum absolute atomic E-state index is 0.410. The molecule has 5 heteroatoms. The van der Waals surface area contributed by atoms with E-state index < -0.39 is 5.91 Å². The second-order valence-corrected chi connectivity index (χ2v) is 3.82. The van der Waals surface area contributed by atoms with Crippen molar-refractivity contribution >= 4 is 11.9 Å². The van der Waals surface area contributed by atoms with Gasteiger partial charge >= 0.3 is 0 Å². The van der Waals surface area contributed by atoms with Crippen molar-refractivity contribution in [2.45, 2.75) is 13.5 Å². The molecule has 0 unspecified atom stereocenters. The summed E-state index contributed by atoms with van der Waals surface area (Å²) in [5.41, 5.74) is 6.62. The van der Waals surface area contributed by atoms with Crippen molar-refractivity contribution in [3.63, 3.8) is 0 Å². The van der Waals surface area contributed by atoms with Crippen LogP contribution in [0.2, 0.25) is 0 Å². The van der Waals surface area contributed by atoms with E-state index in [1.807, 2.05) is 13.0 Å². The van der Waals surface area contributed by atoms with E-state index in [9.17, 15) is 4.79 Å². The smallest absolute Gasteiger partial charge is 0.248 e. The van der Waals surface area contributed by atoms with Gasteiger partial charge in [-0.3, -0.25) is 4.79 Å². The molecule has 0 atom stereocenters. The highest BCUT2D eigenvalue weighted by Gasteiger charge is 2.01. The molecule has 1 aromatic rings. The molecule has 0 radical (unpaired) electrons. The molecule has 5 nitrogen and oxygen atoms in total. The second kappa shape index (κ2) is 7.77. The number of carbonyl (C=O) groups excluding carboxylic acids is 1. The molecule has 0 fully saturated rings. The van der Waals surface area contributed by atoms with Gasteiger partial charge in [-0.2, -0.15) is 0 Å². The molecule has 0 aliphatic rings. The van der Waals surface area contributed by atoms with Gasteiger partial charge in [0.05, 0.1) is 13.1 Å². The molecule has 1 amide bonds. The monoisotopic (exact) mass is 258 g/mol. The minimum atomic E-state index is -0.441. The van der Waals surface area contributed by atoms with E-state index in [0.717, 1.165) is 12.1 Å². The summed E-state index contributed by atoms with van der Waals surface area (Å²) >= 11 is 0. The number of nitrogens with zero attached hydrogens (tertiary/aromatic N) is 1. The fraction of sp³-hybridized carbons (Fsp3) is 0.286. The number of nitrogens with two attached hydrogens (primary N) is 1. The zero-order chi connectivity index (χ0) is 14.1. The van der Waals surface area contributed by atoms with E-state index >= 15 is 0 Å². The number of benzene rings is 1. The molecule has 0 saturated heterocycles. The third-order valence-corrected chi connectivity index (χ3v) is 2.33. The molecule has 0 saturated carbocycles. The molecule has 1 rings (SSSR count). The van der Waals surface area contributed by atoms with Gasteiger partial charge in [-0.25, -0.2) is 4.99 Å². The van der Waals surface area contributed by atoms with Crippen molar-refractivity contribution in [2.24, 2.45) is 10.7 Å². The van der Waals surface area contributed by atoms with Gasteiger partial charge in [0.25, 0.3) is 0 Å². The van der Waals surface area contributed by atoms with Gasteiger partial charge in [0, 0.05) is 12.1 Å². The summed E-state index contributed by atoms with van der Waals surface area (Å²) in [6.07, 6.45) is 5.19. The topological polar surface area (TPSA) is 79.5 Å². The average molecular weight is 258 g/mol. The van der Waals surface area contributed by atoms with E-state index in [0.29, 0.717) is 24.6 Å². The second-order valence-electron chi connectivity index (χ2n) is 3.82. The zero-order valence-corrected chi connectivity index (χ0v) is 10.9. The third kappa shape index (κ3) is 5.13. The molecular weight excluding hydrogens is 240 g/mol. The Morgan fingerprint density at radius 2 is 2.26 bits per heavy atom. The third-order valence-electron chi connectivity index (χ3n) is 2.33. The lowest BCUT2D eigenvalue weighted by Crippen LogP contribution is -2.37. The van der Waals surface area contributed by atoms with Crippen molar-refractivity contribution in [3.8, 4) is 12.3 Å². The molecule has 0 heterocycles. The van der Waals surface area contributed by atoms with Crippen LogP contribution in [0, 0.1) is 12.3 Å². The van der Waals surface area contributed by atoms with Crippen LogP contribution in [-0.4, -0.2) is 25.0 Å². The first-order chi connectivity index (χ1) is 9.17. The molecule has 0 bridgehead atoms. The van der Waals surface area contributed by atoms with E-state index in [1.165, 1.54) is 0 Å². The summed E-state index contributed by atoms with van der Waals surface area (Å²) in [5, 5.41) is 6.07. The molecule has 0 aromatic heterocycles. The van der Waals surface area contributed by atoms with Gasteiger partial charge in [-0.1, -0.05) is 18.1 Å². The molecule has 0 spiro atoms. The number of carbonyl (C=O) groups is 1. The van der Waals surface area contributed by atoms with Crippen molar-refractivity contribution in [2.75, 3.05) is 13.1 Å². The maximum atomic E-state index is 11.1. The van der Waals surface area contributed by atoms with Gasteiger partial charge in [-0.05, 0) is 24.6 Å². The van der Waals surface area contributed by atoms with Crippen LogP contribution in [0.3, 0.4) is 0 Å². The van der Waals surface area contributed by atoms with Crippen LogP contribution in [0.5, 0.6) is 0 Å². The van der Waals surface area contributed by atoms with Crippen LogP contribution < -0.4 is 16.4 Å². The number of terminal acetylenes is 1. The van der Waals surface area contributed by atoms with E-state index in [1.54, 1.807) is 18.2 Å². The number of nitrogens with one attached hydrogen (secondary N) is 2. The van der Waals surface area contributed by atoms with Crippen molar-refractivity contribution in [1.29, 1.82) is 0 Å². The Hall–Kier alpha value is -2.48. The minimum Gasteiger partial charge on any atom is -0.366 e. The number of hydrogen-bond donors (Lipinski definition) is 3. The SMILES string of the molecule is C#CCNC(=NCc1cccc(C(N)=O)c1)NCC. The predicted molar refractivity (Wildman–Crippen MR) is 76.6 cm³/mol. The van der Waals surface area contributed by atoms with Crippen LogP contribution in [0.25, 0.3) is 0 Å². The number of primary amides is 1. The molecule has 19 heavy (non-hydrogen) atoms. The summed E-state index contributed by atoms with van der Waals surface area (Å²) in [5.74, 6) is 2.69. The van der Waals surface area contributed by atoms with Crippen LogP contribution in [-0.2, 0) is 6.54 Å². The lowest BCUT2D eigenvalue weighted by molar-refractivity contribution is 0.1000. The Balaban J connectivity index is 2.73. The van der Waals surface area contributed by atoms with Crippen LogP contribution in [0.15, 0.2) is 29.3 Å². The Kier molecular flexibility index (Phi) is 5.96. The maximum absolute atomic E-state index is 11.1. The van der Waals surface area contributed by atoms with Crippen molar-refractivity contribution in [1.82, 2.24) is 10.6 Å². The average Bonchev–Trinajstić information content (AvgIpc) is 2.42. The Morgan fingerprint density at radius 1 is 1.47 bits per heavy atom. The Bertz CT molecular complexity index is 502. The molecule has 4 N–H and O–H groups in total. The van der Waals surface area contributed by atoms with Gasteiger partial charge in [0.1, 0.15) is 0 Å². The first-order valence-electron chi connectivity index (χ1n) is 6.01. The lowest BCUT2D eigenvalue weighted by Gasteiger charge is -2.08. The summed E-state index contributed by atoms with van der Waals surface area (Å²) < 4.78 is 0. The van der Waals surface area contributed by atoms with Crippen molar-refractivity contribution in [3.05, 3.63) is 35.4 Å². The number of amides is 1. The Labute approximate surface area is 113 Å². The van der Waals surface area contributed by atoms with Gasteiger partial charge in [-0.15, -0.1) is 6.42 Å². The van der Waals surface area contributed by atoms with Gasteiger partial charge < -0.3 is 16.4 Å². The molecule has 0 aliphatic carbocycles. The molecule has 100 valence electrons. The number of hydrogen-bond acceptors (Lipinski definition) is 2. The van der Waals surface area contributed by atoms with Crippen molar-refractivity contribution < 1.29 is 4.79 Å². The highest BCUT2D eigenvalue weighted by molar-refractivity contribution is 5.92. The number of rotatable bonds is 5.